The summed E-state index contributed by atoms with van der Waals surface area (Å²) in [6, 6.07) is 22.9. The SMILES string of the molecule is CCc1nc(-c2ccc(C(=O)O)cc2)n(Cc2ccc(-c3ccccc3-c3nn[nH]n3)cc2)n1. The summed E-state index contributed by atoms with van der Waals surface area (Å²) < 4.78 is 1.86. The number of rotatable bonds is 7. The maximum atomic E-state index is 11.2. The third-order valence-electron chi connectivity index (χ3n) is 5.53. The van der Waals surface area contributed by atoms with E-state index in [1.54, 1.807) is 24.3 Å². The van der Waals surface area contributed by atoms with Crippen molar-refractivity contribution in [1.29, 1.82) is 0 Å². The average molecular weight is 451 g/mol. The number of hydrogen-bond donors (Lipinski definition) is 2. The highest BCUT2D eigenvalue weighted by Crippen LogP contribution is 2.30. The maximum absolute atomic E-state index is 11.2. The number of nitrogens with zero attached hydrogens (tertiary/aromatic N) is 6. The van der Waals surface area contributed by atoms with E-state index in [2.05, 4.69) is 55.0 Å². The minimum absolute atomic E-state index is 0.238. The highest BCUT2D eigenvalue weighted by atomic mass is 16.4. The lowest BCUT2D eigenvalue weighted by Gasteiger charge is -2.09. The molecule has 0 fully saturated rings. The normalized spacial score (nSPS) is 11.0. The van der Waals surface area contributed by atoms with Crippen molar-refractivity contribution in [2.24, 2.45) is 0 Å². The molecule has 0 spiro atoms. The van der Waals surface area contributed by atoms with E-state index in [0.29, 0.717) is 24.6 Å². The van der Waals surface area contributed by atoms with Gasteiger partial charge in [0.05, 0.1) is 12.1 Å². The van der Waals surface area contributed by atoms with Gasteiger partial charge in [0.25, 0.3) is 0 Å². The van der Waals surface area contributed by atoms with Gasteiger partial charge >= 0.3 is 5.97 Å². The zero-order valence-corrected chi connectivity index (χ0v) is 18.4. The van der Waals surface area contributed by atoms with Crippen LogP contribution in [-0.2, 0) is 13.0 Å². The fourth-order valence-corrected chi connectivity index (χ4v) is 3.79. The zero-order chi connectivity index (χ0) is 23.5. The molecular weight excluding hydrogens is 430 g/mol. The van der Waals surface area contributed by atoms with Crippen molar-refractivity contribution in [3.05, 3.63) is 89.7 Å². The van der Waals surface area contributed by atoms with Gasteiger partial charge in [0, 0.05) is 17.5 Å². The van der Waals surface area contributed by atoms with Crippen LogP contribution in [0.15, 0.2) is 72.8 Å². The van der Waals surface area contributed by atoms with Crippen molar-refractivity contribution >= 4 is 5.97 Å². The molecule has 0 amide bonds. The van der Waals surface area contributed by atoms with Gasteiger partial charge in [-0.25, -0.2) is 14.5 Å². The molecule has 9 nitrogen and oxygen atoms in total. The van der Waals surface area contributed by atoms with E-state index in [9.17, 15) is 4.79 Å². The number of nitrogens with one attached hydrogen (secondary N) is 1. The molecule has 0 atom stereocenters. The highest BCUT2D eigenvalue weighted by Gasteiger charge is 2.14. The fraction of sp³-hybridized carbons (Fsp3) is 0.120. The van der Waals surface area contributed by atoms with Gasteiger partial charge in [-0.05, 0) is 34.0 Å². The lowest BCUT2D eigenvalue weighted by Crippen LogP contribution is -2.05. The number of carboxylic acids is 1. The van der Waals surface area contributed by atoms with Crippen LogP contribution in [0.2, 0.25) is 0 Å². The molecule has 0 radical (unpaired) electrons. The first-order valence-corrected chi connectivity index (χ1v) is 10.8. The predicted octanol–water partition coefficient (Wildman–Crippen LogP) is 4.10. The average Bonchev–Trinajstić information content (AvgIpc) is 3.55. The molecule has 5 rings (SSSR count). The van der Waals surface area contributed by atoms with E-state index in [0.717, 1.165) is 33.6 Å². The monoisotopic (exact) mass is 451 g/mol. The van der Waals surface area contributed by atoms with Crippen LogP contribution in [0.25, 0.3) is 33.9 Å². The highest BCUT2D eigenvalue weighted by molar-refractivity contribution is 5.88. The van der Waals surface area contributed by atoms with Gasteiger partial charge in [0.15, 0.2) is 11.6 Å². The Balaban J connectivity index is 1.43. The number of aryl methyl sites for hydroxylation is 1. The van der Waals surface area contributed by atoms with Gasteiger partial charge in [-0.1, -0.05) is 67.6 Å². The standard InChI is InChI=1S/C25H21N7O2/c1-2-22-26-24(18-11-13-19(14-12-18)25(33)34)32(29-22)15-16-7-9-17(10-8-16)20-5-3-4-6-21(20)23-27-30-31-28-23/h3-14H,2,15H2,1H3,(H,33,34)(H,27,28,30,31). The molecule has 2 aromatic heterocycles. The second kappa shape index (κ2) is 9.07. The summed E-state index contributed by atoms with van der Waals surface area (Å²) in [5.41, 5.74) is 5.09. The molecular formula is C25H21N7O2. The summed E-state index contributed by atoms with van der Waals surface area (Å²) in [5, 5.41) is 28.2. The molecule has 168 valence electrons. The van der Waals surface area contributed by atoms with Crippen LogP contribution >= 0.6 is 0 Å². The molecule has 5 aromatic rings. The molecule has 34 heavy (non-hydrogen) atoms. The lowest BCUT2D eigenvalue weighted by molar-refractivity contribution is 0.0697. The molecule has 0 unspecified atom stereocenters. The predicted molar refractivity (Wildman–Crippen MR) is 126 cm³/mol. The topological polar surface area (TPSA) is 122 Å². The Morgan fingerprint density at radius 2 is 1.65 bits per heavy atom. The van der Waals surface area contributed by atoms with Gasteiger partial charge in [-0.2, -0.15) is 10.3 Å². The van der Waals surface area contributed by atoms with Crippen molar-refractivity contribution in [3.8, 4) is 33.9 Å². The van der Waals surface area contributed by atoms with E-state index in [4.69, 9.17) is 5.11 Å². The van der Waals surface area contributed by atoms with Crippen LogP contribution in [-0.4, -0.2) is 46.5 Å². The van der Waals surface area contributed by atoms with Gasteiger partial charge in [0.2, 0.25) is 5.82 Å². The number of H-pyrrole nitrogens is 1. The summed E-state index contributed by atoms with van der Waals surface area (Å²) >= 11 is 0. The number of aromatic amines is 1. The second-order valence-electron chi connectivity index (χ2n) is 7.72. The summed E-state index contributed by atoms with van der Waals surface area (Å²) in [4.78, 5) is 15.8. The number of hydrogen-bond acceptors (Lipinski definition) is 6. The van der Waals surface area contributed by atoms with Crippen molar-refractivity contribution < 1.29 is 9.90 Å². The number of carbonyl (C=O) groups is 1. The van der Waals surface area contributed by atoms with Crippen LogP contribution in [0.3, 0.4) is 0 Å². The first kappa shape index (κ1) is 21.2. The molecule has 0 saturated carbocycles. The van der Waals surface area contributed by atoms with Crippen LogP contribution in [0, 0.1) is 0 Å². The Bertz CT molecular complexity index is 1420. The molecule has 0 aliphatic rings. The van der Waals surface area contributed by atoms with E-state index < -0.39 is 5.97 Å². The number of benzene rings is 3. The van der Waals surface area contributed by atoms with Gasteiger partial charge in [-0.3, -0.25) is 0 Å². The zero-order valence-electron chi connectivity index (χ0n) is 18.4. The van der Waals surface area contributed by atoms with Crippen LogP contribution in [0.5, 0.6) is 0 Å². The van der Waals surface area contributed by atoms with Crippen LogP contribution < -0.4 is 0 Å². The Labute approximate surface area is 195 Å². The van der Waals surface area contributed by atoms with E-state index in [1.165, 1.54) is 0 Å². The molecule has 0 bridgehead atoms. The summed E-state index contributed by atoms with van der Waals surface area (Å²) in [5.74, 6) is 1.04. The minimum atomic E-state index is -0.955. The molecule has 2 heterocycles. The molecule has 9 heteroatoms. The first-order valence-electron chi connectivity index (χ1n) is 10.8. The summed E-state index contributed by atoms with van der Waals surface area (Å²) in [6.45, 7) is 2.54. The largest absolute Gasteiger partial charge is 0.478 e. The van der Waals surface area contributed by atoms with Crippen LogP contribution in [0.4, 0.5) is 0 Å². The Morgan fingerprint density at radius 1 is 0.941 bits per heavy atom. The smallest absolute Gasteiger partial charge is 0.335 e. The number of aromatic nitrogens is 7. The fourth-order valence-electron chi connectivity index (χ4n) is 3.79. The molecule has 0 aliphatic carbocycles. The Morgan fingerprint density at radius 3 is 2.29 bits per heavy atom. The van der Waals surface area contributed by atoms with Crippen molar-refractivity contribution in [2.45, 2.75) is 19.9 Å². The molecule has 0 saturated heterocycles. The number of tetrazole rings is 1. The Hall–Kier alpha value is -4.66. The van der Waals surface area contributed by atoms with Crippen LogP contribution in [0.1, 0.15) is 28.7 Å². The lowest BCUT2D eigenvalue weighted by atomic mass is 9.98. The van der Waals surface area contributed by atoms with Gasteiger partial charge < -0.3 is 5.11 Å². The van der Waals surface area contributed by atoms with Crippen molar-refractivity contribution in [3.63, 3.8) is 0 Å². The van der Waals surface area contributed by atoms with E-state index in [-0.39, 0.29) is 5.56 Å². The van der Waals surface area contributed by atoms with Crippen molar-refractivity contribution in [2.75, 3.05) is 0 Å². The third-order valence-corrected chi connectivity index (χ3v) is 5.53. The minimum Gasteiger partial charge on any atom is -0.478 e. The number of aromatic carboxylic acids is 1. The third kappa shape index (κ3) is 4.18. The summed E-state index contributed by atoms with van der Waals surface area (Å²) in [7, 11) is 0. The second-order valence-corrected chi connectivity index (χ2v) is 7.72. The van der Waals surface area contributed by atoms with Gasteiger partial charge in [0.1, 0.15) is 0 Å². The first-order chi connectivity index (χ1) is 16.6. The Kier molecular flexibility index (Phi) is 5.65. The van der Waals surface area contributed by atoms with E-state index in [1.807, 2.05) is 35.9 Å². The summed E-state index contributed by atoms with van der Waals surface area (Å²) in [6.07, 6.45) is 0.707. The number of carboxylic acid groups (broad SMARTS) is 1. The van der Waals surface area contributed by atoms with E-state index >= 15 is 0 Å². The quantitative estimate of drug-likeness (QED) is 0.382. The van der Waals surface area contributed by atoms with Crippen molar-refractivity contribution in [1.82, 2.24) is 35.4 Å². The molecule has 3 aromatic carbocycles. The molecule has 0 aliphatic heterocycles. The van der Waals surface area contributed by atoms with Gasteiger partial charge in [-0.15, -0.1) is 10.2 Å². The maximum Gasteiger partial charge on any atom is 0.335 e. The molecule has 2 N–H and O–H groups in total.